The van der Waals surface area contributed by atoms with Gasteiger partial charge in [0.1, 0.15) is 5.75 Å². The van der Waals surface area contributed by atoms with Crippen LogP contribution >= 0.6 is 0 Å². The lowest BCUT2D eigenvalue weighted by Crippen LogP contribution is -2.34. The SMILES string of the molecule is CCC(=O)c1ccc(OCC(=O)N2CCCC2c2ccccc2)cc1. The van der Waals surface area contributed by atoms with E-state index in [1.165, 1.54) is 5.56 Å². The van der Waals surface area contributed by atoms with Gasteiger partial charge < -0.3 is 9.64 Å². The zero-order valence-electron chi connectivity index (χ0n) is 14.5. The van der Waals surface area contributed by atoms with Crippen LogP contribution in [0.4, 0.5) is 0 Å². The lowest BCUT2D eigenvalue weighted by atomic mass is 10.0. The molecule has 1 aliphatic rings. The topological polar surface area (TPSA) is 46.6 Å². The minimum absolute atomic E-state index is 0.0000594. The van der Waals surface area contributed by atoms with Gasteiger partial charge in [-0.05, 0) is 42.7 Å². The van der Waals surface area contributed by atoms with Gasteiger partial charge in [-0.25, -0.2) is 0 Å². The molecule has 0 radical (unpaired) electrons. The predicted octanol–water partition coefficient (Wildman–Crippen LogP) is 4.02. The maximum Gasteiger partial charge on any atom is 0.261 e. The van der Waals surface area contributed by atoms with Crippen LogP contribution in [0.1, 0.15) is 48.1 Å². The quantitative estimate of drug-likeness (QED) is 0.748. The van der Waals surface area contributed by atoms with Gasteiger partial charge in [-0.3, -0.25) is 9.59 Å². The van der Waals surface area contributed by atoms with Crippen molar-refractivity contribution in [3.05, 3.63) is 65.7 Å². The highest BCUT2D eigenvalue weighted by atomic mass is 16.5. The fourth-order valence-corrected chi connectivity index (χ4v) is 3.26. The lowest BCUT2D eigenvalue weighted by Gasteiger charge is -2.25. The number of ketones is 1. The molecule has 1 atom stereocenters. The molecule has 0 saturated carbocycles. The van der Waals surface area contributed by atoms with Gasteiger partial charge in [-0.2, -0.15) is 0 Å². The maximum absolute atomic E-state index is 12.6. The Hall–Kier alpha value is -2.62. The van der Waals surface area contributed by atoms with Crippen molar-refractivity contribution in [3.63, 3.8) is 0 Å². The summed E-state index contributed by atoms with van der Waals surface area (Å²) in [5, 5.41) is 0. The summed E-state index contributed by atoms with van der Waals surface area (Å²) in [5.74, 6) is 0.710. The number of rotatable bonds is 6. The van der Waals surface area contributed by atoms with Crippen molar-refractivity contribution in [3.8, 4) is 5.75 Å². The Labute approximate surface area is 148 Å². The average Bonchev–Trinajstić information content (AvgIpc) is 3.16. The molecule has 3 rings (SSSR count). The third-order valence-corrected chi connectivity index (χ3v) is 4.62. The van der Waals surface area contributed by atoms with Crippen LogP contribution in [0.5, 0.6) is 5.75 Å². The molecule has 1 heterocycles. The smallest absolute Gasteiger partial charge is 0.261 e. The van der Waals surface area contributed by atoms with Crippen molar-refractivity contribution >= 4 is 11.7 Å². The molecular formula is C21H23NO3. The van der Waals surface area contributed by atoms with E-state index in [9.17, 15) is 9.59 Å². The Bertz CT molecular complexity index is 725. The Morgan fingerprint density at radius 2 is 1.80 bits per heavy atom. The fraction of sp³-hybridized carbons (Fsp3) is 0.333. The second-order valence-corrected chi connectivity index (χ2v) is 6.25. The Morgan fingerprint density at radius 3 is 2.48 bits per heavy atom. The van der Waals surface area contributed by atoms with E-state index >= 15 is 0 Å². The predicted molar refractivity (Wildman–Crippen MR) is 96.7 cm³/mol. The van der Waals surface area contributed by atoms with E-state index in [4.69, 9.17) is 4.74 Å². The first kappa shape index (κ1) is 17.2. The molecule has 0 aromatic heterocycles. The van der Waals surface area contributed by atoms with Crippen molar-refractivity contribution in [2.45, 2.75) is 32.2 Å². The van der Waals surface area contributed by atoms with Crippen LogP contribution in [0.15, 0.2) is 54.6 Å². The molecular weight excluding hydrogens is 314 g/mol. The van der Waals surface area contributed by atoms with Crippen LogP contribution < -0.4 is 4.74 Å². The molecule has 1 amide bonds. The number of carbonyl (C=O) groups excluding carboxylic acids is 2. The van der Waals surface area contributed by atoms with E-state index in [1.54, 1.807) is 24.3 Å². The first-order chi connectivity index (χ1) is 12.2. The summed E-state index contributed by atoms with van der Waals surface area (Å²) >= 11 is 0. The molecule has 1 saturated heterocycles. The van der Waals surface area contributed by atoms with Gasteiger partial charge in [0.25, 0.3) is 5.91 Å². The molecule has 2 aromatic rings. The number of carbonyl (C=O) groups is 2. The average molecular weight is 337 g/mol. The van der Waals surface area contributed by atoms with Gasteiger partial charge >= 0.3 is 0 Å². The number of amides is 1. The number of Topliss-reactive ketones (excluding diaryl/α,β-unsaturated/α-hetero) is 1. The van der Waals surface area contributed by atoms with Crippen LogP contribution in [0.3, 0.4) is 0 Å². The summed E-state index contributed by atoms with van der Waals surface area (Å²) in [7, 11) is 0. The van der Waals surface area contributed by atoms with Crippen LogP contribution in [0.25, 0.3) is 0 Å². The molecule has 0 bridgehead atoms. The highest BCUT2D eigenvalue weighted by molar-refractivity contribution is 5.95. The monoisotopic (exact) mass is 337 g/mol. The summed E-state index contributed by atoms with van der Waals surface area (Å²) in [6.45, 7) is 2.63. The third-order valence-electron chi connectivity index (χ3n) is 4.62. The summed E-state index contributed by atoms with van der Waals surface area (Å²) in [4.78, 5) is 26.1. The van der Waals surface area contributed by atoms with E-state index < -0.39 is 0 Å². The Kier molecular flexibility index (Phi) is 5.49. The summed E-state index contributed by atoms with van der Waals surface area (Å²) in [5.41, 5.74) is 1.85. The number of hydrogen-bond donors (Lipinski definition) is 0. The van der Waals surface area contributed by atoms with Gasteiger partial charge in [-0.15, -0.1) is 0 Å². The molecule has 0 N–H and O–H groups in total. The molecule has 2 aromatic carbocycles. The van der Waals surface area contributed by atoms with Crippen molar-refractivity contribution < 1.29 is 14.3 Å². The standard InChI is InChI=1S/C21H23NO3/c1-2-20(23)17-10-12-18(13-11-17)25-15-21(24)22-14-6-9-19(22)16-7-4-3-5-8-16/h3-5,7-8,10-13,19H,2,6,9,14-15H2,1H3. The minimum Gasteiger partial charge on any atom is -0.484 e. The Balaban J connectivity index is 1.59. The van der Waals surface area contributed by atoms with Crippen molar-refractivity contribution in [1.82, 2.24) is 4.90 Å². The number of benzene rings is 2. The van der Waals surface area contributed by atoms with E-state index in [2.05, 4.69) is 12.1 Å². The zero-order valence-corrected chi connectivity index (χ0v) is 14.5. The molecule has 0 aliphatic carbocycles. The van der Waals surface area contributed by atoms with Gasteiger partial charge in [0.15, 0.2) is 12.4 Å². The minimum atomic E-state index is 0.0000594. The van der Waals surface area contributed by atoms with Crippen LogP contribution in [-0.2, 0) is 4.79 Å². The van der Waals surface area contributed by atoms with Crippen LogP contribution in [-0.4, -0.2) is 29.7 Å². The highest BCUT2D eigenvalue weighted by Crippen LogP contribution is 2.31. The van der Waals surface area contributed by atoms with E-state index in [1.807, 2.05) is 30.0 Å². The molecule has 130 valence electrons. The first-order valence-electron chi connectivity index (χ1n) is 8.79. The molecule has 25 heavy (non-hydrogen) atoms. The van der Waals surface area contributed by atoms with Gasteiger partial charge in [0.2, 0.25) is 0 Å². The highest BCUT2D eigenvalue weighted by Gasteiger charge is 2.29. The summed E-state index contributed by atoms with van der Waals surface area (Å²) in [6.07, 6.45) is 2.48. The number of hydrogen-bond acceptors (Lipinski definition) is 3. The van der Waals surface area contributed by atoms with E-state index in [0.29, 0.717) is 17.7 Å². The van der Waals surface area contributed by atoms with Crippen LogP contribution in [0.2, 0.25) is 0 Å². The van der Waals surface area contributed by atoms with Gasteiger partial charge in [-0.1, -0.05) is 37.3 Å². The molecule has 4 heteroatoms. The molecule has 1 unspecified atom stereocenters. The number of likely N-dealkylation sites (tertiary alicyclic amines) is 1. The second kappa shape index (κ2) is 7.97. The van der Waals surface area contributed by atoms with Crippen molar-refractivity contribution in [2.75, 3.05) is 13.2 Å². The number of ether oxygens (including phenoxy) is 1. The van der Waals surface area contributed by atoms with E-state index in [-0.39, 0.29) is 24.3 Å². The largest absolute Gasteiger partial charge is 0.484 e. The summed E-state index contributed by atoms with van der Waals surface area (Å²) < 4.78 is 5.63. The maximum atomic E-state index is 12.6. The zero-order chi connectivity index (χ0) is 17.6. The van der Waals surface area contributed by atoms with Crippen molar-refractivity contribution in [2.24, 2.45) is 0 Å². The van der Waals surface area contributed by atoms with Crippen molar-refractivity contribution in [1.29, 1.82) is 0 Å². The molecule has 1 fully saturated rings. The lowest BCUT2D eigenvalue weighted by molar-refractivity contribution is -0.134. The molecule has 4 nitrogen and oxygen atoms in total. The second-order valence-electron chi connectivity index (χ2n) is 6.25. The number of nitrogens with zero attached hydrogens (tertiary/aromatic N) is 1. The van der Waals surface area contributed by atoms with Crippen LogP contribution in [0, 0.1) is 0 Å². The third kappa shape index (κ3) is 4.08. The fourth-order valence-electron chi connectivity index (χ4n) is 3.26. The van der Waals surface area contributed by atoms with Gasteiger partial charge in [0.05, 0.1) is 6.04 Å². The molecule has 1 aliphatic heterocycles. The van der Waals surface area contributed by atoms with Gasteiger partial charge in [0, 0.05) is 18.5 Å². The Morgan fingerprint density at radius 1 is 1.08 bits per heavy atom. The summed E-state index contributed by atoms with van der Waals surface area (Å²) in [6, 6.07) is 17.3. The van der Waals surface area contributed by atoms with E-state index in [0.717, 1.165) is 19.4 Å². The first-order valence-corrected chi connectivity index (χ1v) is 8.79. The molecule has 0 spiro atoms. The normalized spacial score (nSPS) is 16.7.